The van der Waals surface area contributed by atoms with E-state index in [0.29, 0.717) is 18.3 Å². The number of nitrogens with zero attached hydrogens (tertiary/aromatic N) is 2. The average Bonchev–Trinajstić information content (AvgIpc) is 2.86. The first-order valence-corrected chi connectivity index (χ1v) is 5.99. The number of rotatable bonds is 6. The van der Waals surface area contributed by atoms with Crippen LogP contribution in [0.5, 0.6) is 5.75 Å². The first-order valence-electron chi connectivity index (χ1n) is 5.99. The van der Waals surface area contributed by atoms with Crippen LogP contribution in [-0.4, -0.2) is 17.2 Å². The highest BCUT2D eigenvalue weighted by atomic mass is 16.5. The summed E-state index contributed by atoms with van der Waals surface area (Å²) in [5.74, 6) is 2.01. The molecule has 0 atom stereocenters. The number of hydrogen-bond acceptors (Lipinski definition) is 5. The van der Waals surface area contributed by atoms with E-state index in [1.54, 1.807) is 0 Å². The number of aryl methyl sites for hydroxylation is 1. The number of aromatic nitrogens is 2. The molecule has 96 valence electrons. The van der Waals surface area contributed by atoms with E-state index in [0.717, 1.165) is 18.7 Å². The van der Waals surface area contributed by atoms with E-state index < -0.39 is 0 Å². The van der Waals surface area contributed by atoms with E-state index in [-0.39, 0.29) is 0 Å². The van der Waals surface area contributed by atoms with Gasteiger partial charge in [-0.2, -0.15) is 4.98 Å². The van der Waals surface area contributed by atoms with E-state index >= 15 is 0 Å². The van der Waals surface area contributed by atoms with Crippen LogP contribution in [0.3, 0.4) is 0 Å². The molecule has 2 aromatic rings. The van der Waals surface area contributed by atoms with Crippen LogP contribution in [0.2, 0.25) is 0 Å². The van der Waals surface area contributed by atoms with Crippen LogP contribution in [0.15, 0.2) is 28.8 Å². The van der Waals surface area contributed by atoms with Crippen molar-refractivity contribution in [3.8, 4) is 5.75 Å². The van der Waals surface area contributed by atoms with Crippen LogP contribution >= 0.6 is 0 Å². The van der Waals surface area contributed by atoms with Crippen molar-refractivity contribution in [2.24, 2.45) is 0 Å². The Morgan fingerprint density at radius 1 is 1.28 bits per heavy atom. The Kier molecular flexibility index (Phi) is 4.30. The van der Waals surface area contributed by atoms with Crippen molar-refractivity contribution in [2.75, 3.05) is 7.05 Å². The first-order chi connectivity index (χ1) is 8.81. The fraction of sp³-hybridized carbons (Fsp3) is 0.385. The van der Waals surface area contributed by atoms with Crippen molar-refractivity contribution in [1.29, 1.82) is 0 Å². The van der Waals surface area contributed by atoms with Crippen molar-refractivity contribution in [1.82, 2.24) is 15.5 Å². The molecular formula is C13H17N3O2. The molecule has 1 aromatic carbocycles. The highest BCUT2D eigenvalue weighted by Crippen LogP contribution is 2.13. The summed E-state index contributed by atoms with van der Waals surface area (Å²) in [5.41, 5.74) is 1.22. The third-order valence-corrected chi connectivity index (χ3v) is 2.49. The smallest absolute Gasteiger partial charge is 0.264 e. The molecule has 1 aromatic heterocycles. The molecule has 0 fully saturated rings. The molecule has 0 aliphatic carbocycles. The van der Waals surface area contributed by atoms with E-state index in [1.165, 1.54) is 5.56 Å². The largest absolute Gasteiger partial charge is 0.484 e. The third-order valence-electron chi connectivity index (χ3n) is 2.49. The number of hydrogen-bond donors (Lipinski definition) is 1. The van der Waals surface area contributed by atoms with Crippen molar-refractivity contribution in [2.45, 2.75) is 26.5 Å². The fourth-order valence-corrected chi connectivity index (χ4v) is 1.55. The molecule has 0 radical (unpaired) electrons. The zero-order valence-electron chi connectivity index (χ0n) is 10.6. The van der Waals surface area contributed by atoms with Gasteiger partial charge in [-0.15, -0.1) is 0 Å². The quantitative estimate of drug-likeness (QED) is 0.845. The second-order valence-electron chi connectivity index (χ2n) is 3.92. The normalized spacial score (nSPS) is 10.6. The van der Waals surface area contributed by atoms with Gasteiger partial charge in [-0.05, 0) is 24.7 Å². The summed E-state index contributed by atoms with van der Waals surface area (Å²) in [6, 6.07) is 7.92. The minimum atomic E-state index is 0.304. The van der Waals surface area contributed by atoms with Gasteiger partial charge in [0.25, 0.3) is 5.89 Å². The molecule has 0 saturated carbocycles. The molecule has 2 rings (SSSR count). The highest BCUT2D eigenvalue weighted by Gasteiger charge is 2.05. The minimum absolute atomic E-state index is 0.304. The molecule has 0 unspecified atom stereocenters. The Bertz CT molecular complexity index is 479. The maximum Gasteiger partial charge on any atom is 0.264 e. The van der Waals surface area contributed by atoms with Gasteiger partial charge < -0.3 is 14.6 Å². The summed E-state index contributed by atoms with van der Waals surface area (Å²) in [5, 5.41) is 6.91. The van der Waals surface area contributed by atoms with Crippen LogP contribution in [0.4, 0.5) is 0 Å². The van der Waals surface area contributed by atoms with Crippen LogP contribution in [0.1, 0.15) is 24.2 Å². The SMILES string of the molecule is CCc1noc(COc2ccc(CNC)cc2)n1. The van der Waals surface area contributed by atoms with Crippen molar-refractivity contribution >= 4 is 0 Å². The van der Waals surface area contributed by atoms with Crippen molar-refractivity contribution < 1.29 is 9.26 Å². The topological polar surface area (TPSA) is 60.2 Å². The molecule has 5 nitrogen and oxygen atoms in total. The van der Waals surface area contributed by atoms with Crippen LogP contribution in [0.25, 0.3) is 0 Å². The lowest BCUT2D eigenvalue weighted by Gasteiger charge is -2.04. The van der Waals surface area contributed by atoms with Gasteiger partial charge in [-0.3, -0.25) is 0 Å². The van der Waals surface area contributed by atoms with Crippen molar-refractivity contribution in [3.63, 3.8) is 0 Å². The highest BCUT2D eigenvalue weighted by molar-refractivity contribution is 5.27. The zero-order valence-corrected chi connectivity index (χ0v) is 10.6. The summed E-state index contributed by atoms with van der Waals surface area (Å²) in [7, 11) is 1.92. The summed E-state index contributed by atoms with van der Waals surface area (Å²) in [4.78, 5) is 4.18. The van der Waals surface area contributed by atoms with Gasteiger partial charge in [0.15, 0.2) is 12.4 Å². The molecule has 0 spiro atoms. The van der Waals surface area contributed by atoms with E-state index in [2.05, 4.69) is 15.5 Å². The molecule has 0 aliphatic heterocycles. The van der Waals surface area contributed by atoms with Gasteiger partial charge in [0.05, 0.1) is 0 Å². The molecule has 0 saturated heterocycles. The molecular weight excluding hydrogens is 230 g/mol. The van der Waals surface area contributed by atoms with Crippen LogP contribution in [0, 0.1) is 0 Å². The second kappa shape index (κ2) is 6.16. The summed E-state index contributed by atoms with van der Waals surface area (Å²) in [6.07, 6.45) is 0.766. The maximum absolute atomic E-state index is 5.57. The standard InChI is InChI=1S/C13H17N3O2/c1-3-12-15-13(18-16-12)9-17-11-6-4-10(5-7-11)8-14-2/h4-7,14H,3,8-9H2,1-2H3. The molecule has 0 amide bonds. The lowest BCUT2D eigenvalue weighted by Crippen LogP contribution is -2.04. The Morgan fingerprint density at radius 2 is 2.06 bits per heavy atom. The van der Waals surface area contributed by atoms with Crippen LogP contribution in [-0.2, 0) is 19.6 Å². The summed E-state index contributed by atoms with van der Waals surface area (Å²) in [6.45, 7) is 3.14. The number of benzene rings is 1. The van der Waals surface area contributed by atoms with E-state index in [1.807, 2.05) is 38.2 Å². The van der Waals surface area contributed by atoms with Crippen LogP contribution < -0.4 is 10.1 Å². The van der Waals surface area contributed by atoms with Gasteiger partial charge >= 0.3 is 0 Å². The van der Waals surface area contributed by atoms with Gasteiger partial charge in [-0.1, -0.05) is 24.2 Å². The van der Waals surface area contributed by atoms with Gasteiger partial charge in [-0.25, -0.2) is 0 Å². The minimum Gasteiger partial charge on any atom is -0.484 e. The number of ether oxygens (including phenoxy) is 1. The Morgan fingerprint density at radius 3 is 2.67 bits per heavy atom. The van der Waals surface area contributed by atoms with Crippen molar-refractivity contribution in [3.05, 3.63) is 41.5 Å². The summed E-state index contributed by atoms with van der Waals surface area (Å²) >= 11 is 0. The van der Waals surface area contributed by atoms with Gasteiger partial charge in [0.2, 0.25) is 0 Å². The lowest BCUT2D eigenvalue weighted by molar-refractivity contribution is 0.242. The molecule has 1 heterocycles. The predicted octanol–water partition coefficient (Wildman–Crippen LogP) is 1.93. The molecule has 0 bridgehead atoms. The number of nitrogens with one attached hydrogen (secondary N) is 1. The first kappa shape index (κ1) is 12.6. The monoisotopic (exact) mass is 247 g/mol. The molecule has 0 aliphatic rings. The lowest BCUT2D eigenvalue weighted by atomic mass is 10.2. The fourth-order valence-electron chi connectivity index (χ4n) is 1.55. The van der Waals surface area contributed by atoms with E-state index in [4.69, 9.17) is 9.26 Å². The Balaban J connectivity index is 1.89. The van der Waals surface area contributed by atoms with Gasteiger partial charge in [0.1, 0.15) is 5.75 Å². The Hall–Kier alpha value is -1.88. The maximum atomic E-state index is 5.57. The average molecular weight is 247 g/mol. The predicted molar refractivity (Wildman–Crippen MR) is 67.2 cm³/mol. The van der Waals surface area contributed by atoms with Gasteiger partial charge in [0, 0.05) is 13.0 Å². The summed E-state index contributed by atoms with van der Waals surface area (Å²) < 4.78 is 10.6. The zero-order chi connectivity index (χ0) is 12.8. The molecule has 18 heavy (non-hydrogen) atoms. The second-order valence-corrected chi connectivity index (χ2v) is 3.92. The molecule has 5 heteroatoms. The van der Waals surface area contributed by atoms with E-state index in [9.17, 15) is 0 Å². The third kappa shape index (κ3) is 3.30. The molecule has 1 N–H and O–H groups in total. The Labute approximate surface area is 106 Å².